The van der Waals surface area contributed by atoms with Crippen molar-refractivity contribution in [1.82, 2.24) is 0 Å². The fraction of sp³-hybridized carbons (Fsp3) is 0.235. The highest BCUT2D eigenvalue weighted by molar-refractivity contribution is 7.92. The molecule has 146 valence electrons. The van der Waals surface area contributed by atoms with E-state index in [-0.39, 0.29) is 27.1 Å². The molecule has 0 bridgehead atoms. The molecule has 2 aromatic rings. The summed E-state index contributed by atoms with van der Waals surface area (Å²) < 4.78 is 42.3. The van der Waals surface area contributed by atoms with Crippen molar-refractivity contribution < 1.29 is 32.5 Å². The summed E-state index contributed by atoms with van der Waals surface area (Å²) in [6, 6.07) is 8.12. The zero-order chi connectivity index (χ0) is 20.2. The number of carbonyl (C=O) groups excluding carboxylic acids is 1. The van der Waals surface area contributed by atoms with Crippen LogP contribution in [0.3, 0.4) is 0 Å². The molecule has 0 atom stereocenters. The summed E-state index contributed by atoms with van der Waals surface area (Å²) in [5.74, 6) is -0.973. The average Bonchev–Trinajstić information content (AvgIpc) is 2.65. The van der Waals surface area contributed by atoms with E-state index in [1.807, 2.05) is 0 Å². The molecule has 0 fully saturated rings. The Bertz CT molecular complexity index is 946. The highest BCUT2D eigenvalue weighted by atomic mass is 35.5. The second kappa shape index (κ2) is 8.36. The number of carbonyl (C=O) groups is 1. The van der Waals surface area contributed by atoms with Gasteiger partial charge >= 0.3 is 0 Å². The molecule has 0 saturated heterocycles. The molecule has 0 radical (unpaired) electrons. The molecule has 8 nitrogen and oxygen atoms in total. The van der Waals surface area contributed by atoms with Gasteiger partial charge in [-0.15, -0.1) is 0 Å². The van der Waals surface area contributed by atoms with Crippen LogP contribution >= 0.6 is 11.6 Å². The van der Waals surface area contributed by atoms with Gasteiger partial charge in [0.1, 0.15) is 5.75 Å². The van der Waals surface area contributed by atoms with Crippen LogP contribution in [-0.4, -0.2) is 42.3 Å². The minimum atomic E-state index is -4.32. The number of carboxylic acids is 1. The molecule has 0 heterocycles. The predicted molar refractivity (Wildman–Crippen MR) is 97.1 cm³/mol. The van der Waals surface area contributed by atoms with Crippen LogP contribution in [0.1, 0.15) is 0 Å². The van der Waals surface area contributed by atoms with Gasteiger partial charge in [-0.25, -0.2) is 8.42 Å². The number of hydrogen-bond acceptors (Lipinski definition) is 7. The second-order valence-electron chi connectivity index (χ2n) is 5.22. The topological polar surface area (TPSA) is 105 Å². The molecule has 0 aliphatic heterocycles. The monoisotopic (exact) mass is 414 g/mol. The maximum atomic E-state index is 13.2. The van der Waals surface area contributed by atoms with Gasteiger partial charge in [-0.3, -0.25) is 4.31 Å². The number of benzene rings is 2. The first kappa shape index (κ1) is 20.7. The van der Waals surface area contributed by atoms with Crippen LogP contribution in [0.15, 0.2) is 41.3 Å². The van der Waals surface area contributed by atoms with Crippen LogP contribution < -0.4 is 23.6 Å². The van der Waals surface area contributed by atoms with E-state index >= 15 is 0 Å². The Kier molecular flexibility index (Phi) is 6.40. The number of carboxylic acid groups (broad SMARTS) is 1. The molecular formula is C17H17ClNO7S-. The lowest BCUT2D eigenvalue weighted by atomic mass is 10.3. The number of sulfonamides is 1. The molecular weight excluding hydrogens is 398 g/mol. The lowest BCUT2D eigenvalue weighted by Crippen LogP contribution is -2.41. The number of anilines is 1. The Balaban J connectivity index is 2.66. The van der Waals surface area contributed by atoms with E-state index in [1.54, 1.807) is 0 Å². The first-order chi connectivity index (χ1) is 12.7. The quantitative estimate of drug-likeness (QED) is 0.641. The number of halogens is 1. The minimum absolute atomic E-state index is 0.0380. The van der Waals surface area contributed by atoms with Crippen LogP contribution in [0.4, 0.5) is 5.69 Å². The van der Waals surface area contributed by atoms with Gasteiger partial charge in [-0.05, 0) is 30.3 Å². The third kappa shape index (κ3) is 4.37. The van der Waals surface area contributed by atoms with E-state index in [1.165, 1.54) is 57.7 Å². The molecule has 27 heavy (non-hydrogen) atoms. The number of methoxy groups -OCH3 is 3. The van der Waals surface area contributed by atoms with E-state index in [0.29, 0.717) is 10.1 Å². The van der Waals surface area contributed by atoms with Crippen molar-refractivity contribution in [2.45, 2.75) is 4.90 Å². The van der Waals surface area contributed by atoms with Crippen molar-refractivity contribution in [2.24, 2.45) is 0 Å². The first-order valence-corrected chi connectivity index (χ1v) is 9.34. The summed E-state index contributed by atoms with van der Waals surface area (Å²) in [6.45, 7) is -0.937. The third-order valence-corrected chi connectivity index (χ3v) is 5.62. The van der Waals surface area contributed by atoms with Gasteiger partial charge in [0.2, 0.25) is 0 Å². The summed E-state index contributed by atoms with van der Waals surface area (Å²) >= 11 is 5.96. The molecule has 2 aromatic carbocycles. The normalized spacial score (nSPS) is 11.0. The van der Waals surface area contributed by atoms with E-state index in [4.69, 9.17) is 25.8 Å². The number of ether oxygens (including phenoxy) is 3. The number of rotatable bonds is 8. The van der Waals surface area contributed by atoms with E-state index in [0.717, 1.165) is 0 Å². The second-order valence-corrected chi connectivity index (χ2v) is 7.52. The zero-order valence-corrected chi connectivity index (χ0v) is 16.3. The third-order valence-electron chi connectivity index (χ3n) is 3.63. The van der Waals surface area contributed by atoms with Crippen LogP contribution in [0.5, 0.6) is 17.2 Å². The summed E-state index contributed by atoms with van der Waals surface area (Å²) in [6.07, 6.45) is 0. The van der Waals surface area contributed by atoms with Crippen LogP contribution in [-0.2, 0) is 14.8 Å². The van der Waals surface area contributed by atoms with Gasteiger partial charge in [-0.1, -0.05) is 11.6 Å². The minimum Gasteiger partial charge on any atom is -0.548 e. The fourth-order valence-corrected chi connectivity index (χ4v) is 3.97. The summed E-state index contributed by atoms with van der Waals surface area (Å²) in [4.78, 5) is 11.0. The van der Waals surface area contributed by atoms with Crippen molar-refractivity contribution in [1.29, 1.82) is 0 Å². The predicted octanol–water partition coefficient (Wildman–Crippen LogP) is 1.31. The van der Waals surface area contributed by atoms with E-state index < -0.39 is 22.5 Å². The maximum absolute atomic E-state index is 13.2. The zero-order valence-electron chi connectivity index (χ0n) is 14.8. The summed E-state index contributed by atoms with van der Waals surface area (Å²) in [5.41, 5.74) is -0.0380. The first-order valence-electron chi connectivity index (χ1n) is 7.52. The van der Waals surface area contributed by atoms with Gasteiger partial charge in [0.15, 0.2) is 11.5 Å². The van der Waals surface area contributed by atoms with E-state index in [9.17, 15) is 18.3 Å². The number of nitrogens with zero attached hydrogens (tertiary/aromatic N) is 1. The van der Waals surface area contributed by atoms with Gasteiger partial charge < -0.3 is 24.1 Å². The maximum Gasteiger partial charge on any atom is 0.264 e. The molecule has 10 heteroatoms. The fourth-order valence-electron chi connectivity index (χ4n) is 2.38. The Morgan fingerprint density at radius 2 is 1.59 bits per heavy atom. The van der Waals surface area contributed by atoms with Gasteiger partial charge in [0.05, 0.1) is 44.4 Å². The van der Waals surface area contributed by atoms with Crippen molar-refractivity contribution in [2.75, 3.05) is 32.2 Å². The SMILES string of the molecule is COc1ccc(S(=O)(=O)N(CC(=O)[O-])c2cc(Cl)ccc2OC)cc1OC. The summed E-state index contributed by atoms with van der Waals surface area (Å²) in [5, 5.41) is 11.4. The van der Waals surface area contributed by atoms with Crippen molar-refractivity contribution in [3.63, 3.8) is 0 Å². The molecule has 2 rings (SSSR count). The molecule has 0 N–H and O–H groups in total. The molecule has 0 aliphatic carbocycles. The van der Waals surface area contributed by atoms with Gasteiger partial charge in [0, 0.05) is 11.1 Å². The Morgan fingerprint density at radius 3 is 2.15 bits per heavy atom. The van der Waals surface area contributed by atoms with Crippen molar-refractivity contribution in [3.05, 3.63) is 41.4 Å². The smallest absolute Gasteiger partial charge is 0.264 e. The van der Waals surface area contributed by atoms with Gasteiger partial charge in [-0.2, -0.15) is 0 Å². The molecule has 0 aliphatic rings. The number of aliphatic carboxylic acids is 1. The molecule has 0 amide bonds. The van der Waals surface area contributed by atoms with Crippen molar-refractivity contribution >= 4 is 33.3 Å². The molecule has 0 spiro atoms. The standard InChI is InChI=1S/C17H18ClNO7S/c1-24-14-6-4-11(18)8-13(14)19(10-17(20)21)27(22,23)12-5-7-15(25-2)16(9-12)26-3/h4-9H,10H2,1-3H3,(H,20,21)/p-1. The van der Waals surface area contributed by atoms with Crippen LogP contribution in [0, 0.1) is 0 Å². The average molecular weight is 415 g/mol. The molecule has 0 unspecified atom stereocenters. The largest absolute Gasteiger partial charge is 0.548 e. The molecule has 0 saturated carbocycles. The lowest BCUT2D eigenvalue weighted by Gasteiger charge is -2.26. The lowest BCUT2D eigenvalue weighted by molar-refractivity contribution is -0.303. The van der Waals surface area contributed by atoms with Gasteiger partial charge in [0.25, 0.3) is 10.0 Å². The van der Waals surface area contributed by atoms with Crippen LogP contribution in [0.25, 0.3) is 0 Å². The molecule has 0 aromatic heterocycles. The Labute approximate surface area is 161 Å². The highest BCUT2D eigenvalue weighted by Gasteiger charge is 2.29. The summed E-state index contributed by atoms with van der Waals surface area (Å²) in [7, 11) is -0.229. The van der Waals surface area contributed by atoms with Crippen molar-refractivity contribution in [3.8, 4) is 17.2 Å². The Hall–Kier alpha value is -2.65. The number of hydrogen-bond donors (Lipinski definition) is 0. The van der Waals surface area contributed by atoms with Crippen LogP contribution in [0.2, 0.25) is 5.02 Å². The van der Waals surface area contributed by atoms with E-state index in [2.05, 4.69) is 0 Å². The Morgan fingerprint density at radius 1 is 1.00 bits per heavy atom. The highest BCUT2D eigenvalue weighted by Crippen LogP contribution is 2.36.